The van der Waals surface area contributed by atoms with Gasteiger partial charge in [0.2, 0.25) is 0 Å². The molecule has 0 atom stereocenters. The minimum atomic E-state index is -3.28. The van der Waals surface area contributed by atoms with Crippen LogP contribution in [0.3, 0.4) is 0 Å². The average molecular weight is 415 g/mol. The van der Waals surface area contributed by atoms with Crippen molar-refractivity contribution < 1.29 is 13.2 Å². The van der Waals surface area contributed by atoms with Gasteiger partial charge in [0.15, 0.2) is 15.0 Å². The van der Waals surface area contributed by atoms with Crippen LogP contribution in [0.4, 0.5) is 5.13 Å². The Morgan fingerprint density at radius 1 is 1.07 bits per heavy atom. The number of unbranched alkanes of at least 4 members (excludes halogenated alkanes) is 1. The molecule has 0 radical (unpaired) electrons. The van der Waals surface area contributed by atoms with E-state index in [-0.39, 0.29) is 10.8 Å². The smallest absolute Gasteiger partial charge is 0.257 e. The molecule has 1 aromatic heterocycles. The summed E-state index contributed by atoms with van der Waals surface area (Å²) in [4.78, 5) is 17.0. The number of nitrogens with zero attached hydrogens (tertiary/aromatic N) is 1. The zero-order valence-electron chi connectivity index (χ0n) is 15.8. The Balaban J connectivity index is 1.68. The Morgan fingerprint density at radius 3 is 2.36 bits per heavy atom. The number of anilines is 1. The molecule has 1 heterocycles. The second-order valence-corrected chi connectivity index (χ2v) is 9.46. The van der Waals surface area contributed by atoms with Gasteiger partial charge in [-0.25, -0.2) is 13.4 Å². The summed E-state index contributed by atoms with van der Waals surface area (Å²) in [6.07, 6.45) is 4.56. The summed E-state index contributed by atoms with van der Waals surface area (Å²) in [5, 5.41) is 5.17. The highest BCUT2D eigenvalue weighted by molar-refractivity contribution is 7.90. The lowest BCUT2D eigenvalue weighted by molar-refractivity contribution is 0.102. The maximum absolute atomic E-state index is 12.4. The summed E-state index contributed by atoms with van der Waals surface area (Å²) in [5.74, 6) is -0.323. The maximum Gasteiger partial charge on any atom is 0.257 e. The van der Waals surface area contributed by atoms with Crippen LogP contribution in [-0.4, -0.2) is 25.6 Å². The van der Waals surface area contributed by atoms with Crippen LogP contribution in [0.25, 0.3) is 11.3 Å². The van der Waals surface area contributed by atoms with Crippen LogP contribution < -0.4 is 5.32 Å². The van der Waals surface area contributed by atoms with Crippen LogP contribution >= 0.6 is 11.3 Å². The van der Waals surface area contributed by atoms with Gasteiger partial charge in [0.1, 0.15) is 0 Å². The zero-order valence-corrected chi connectivity index (χ0v) is 17.4. The van der Waals surface area contributed by atoms with Crippen molar-refractivity contribution in [2.75, 3.05) is 11.6 Å². The van der Waals surface area contributed by atoms with E-state index in [2.05, 4.69) is 41.5 Å². The Kier molecular flexibility index (Phi) is 6.26. The number of sulfone groups is 1. The summed E-state index contributed by atoms with van der Waals surface area (Å²) in [5.41, 5.74) is 3.51. The first-order valence-electron chi connectivity index (χ1n) is 9.03. The minimum absolute atomic E-state index is 0.183. The Labute approximate surface area is 169 Å². The van der Waals surface area contributed by atoms with Gasteiger partial charge in [-0.05, 0) is 42.7 Å². The van der Waals surface area contributed by atoms with E-state index in [0.717, 1.165) is 23.9 Å². The number of amides is 1. The van der Waals surface area contributed by atoms with Crippen molar-refractivity contribution in [1.29, 1.82) is 0 Å². The normalized spacial score (nSPS) is 11.4. The van der Waals surface area contributed by atoms with Gasteiger partial charge in [0.05, 0.1) is 10.6 Å². The highest BCUT2D eigenvalue weighted by Crippen LogP contribution is 2.26. The van der Waals surface area contributed by atoms with Crippen LogP contribution in [0.2, 0.25) is 0 Å². The van der Waals surface area contributed by atoms with E-state index in [9.17, 15) is 13.2 Å². The number of hydrogen-bond donors (Lipinski definition) is 1. The van der Waals surface area contributed by atoms with Gasteiger partial charge in [0.25, 0.3) is 5.91 Å². The molecule has 7 heteroatoms. The second-order valence-electron chi connectivity index (χ2n) is 6.59. The molecule has 1 amide bonds. The topological polar surface area (TPSA) is 76.1 Å². The predicted octanol–water partition coefficient (Wildman–Crippen LogP) is 4.81. The molecule has 0 aliphatic heterocycles. The molecule has 0 spiro atoms. The predicted molar refractivity (Wildman–Crippen MR) is 114 cm³/mol. The van der Waals surface area contributed by atoms with Crippen LogP contribution in [0, 0.1) is 0 Å². The molecule has 1 N–H and O–H groups in total. The molecular formula is C21H22N2O3S2. The highest BCUT2D eigenvalue weighted by Gasteiger charge is 2.12. The minimum Gasteiger partial charge on any atom is -0.298 e. The van der Waals surface area contributed by atoms with Gasteiger partial charge < -0.3 is 0 Å². The van der Waals surface area contributed by atoms with E-state index in [0.29, 0.717) is 10.7 Å². The van der Waals surface area contributed by atoms with Crippen LogP contribution in [0.15, 0.2) is 58.8 Å². The number of thiazole rings is 1. The molecule has 3 aromatic rings. The number of benzene rings is 2. The Morgan fingerprint density at radius 2 is 1.75 bits per heavy atom. The van der Waals surface area contributed by atoms with E-state index in [1.807, 2.05) is 5.38 Å². The average Bonchev–Trinajstić information content (AvgIpc) is 3.14. The van der Waals surface area contributed by atoms with E-state index >= 15 is 0 Å². The molecule has 3 rings (SSSR count). The molecule has 0 aliphatic rings. The maximum atomic E-state index is 12.4. The SMILES string of the molecule is CCCCc1ccc(-c2csc(NC(=O)c3ccc(S(C)(=O)=O)cc3)n2)cc1. The van der Waals surface area contributed by atoms with Crippen molar-refractivity contribution in [3.8, 4) is 11.3 Å². The van der Waals surface area contributed by atoms with E-state index < -0.39 is 9.84 Å². The van der Waals surface area contributed by atoms with Gasteiger partial charge in [-0.1, -0.05) is 37.6 Å². The fourth-order valence-corrected chi connectivity index (χ4v) is 4.05. The van der Waals surface area contributed by atoms with E-state index in [1.165, 1.54) is 54.0 Å². The fraction of sp³-hybridized carbons (Fsp3) is 0.238. The van der Waals surface area contributed by atoms with Crippen molar-refractivity contribution in [3.63, 3.8) is 0 Å². The van der Waals surface area contributed by atoms with Crippen LogP contribution in [0.1, 0.15) is 35.7 Å². The van der Waals surface area contributed by atoms with Crippen molar-refractivity contribution in [2.24, 2.45) is 0 Å². The first-order valence-corrected chi connectivity index (χ1v) is 11.8. The second kappa shape index (κ2) is 8.67. The summed E-state index contributed by atoms with van der Waals surface area (Å²) in [6.45, 7) is 2.18. The lowest BCUT2D eigenvalue weighted by Gasteiger charge is -2.03. The fourth-order valence-electron chi connectivity index (χ4n) is 2.71. The molecule has 0 fully saturated rings. The number of hydrogen-bond acceptors (Lipinski definition) is 5. The number of nitrogens with one attached hydrogen (secondary N) is 1. The van der Waals surface area contributed by atoms with Crippen LogP contribution in [-0.2, 0) is 16.3 Å². The van der Waals surface area contributed by atoms with Crippen molar-refractivity contribution in [3.05, 3.63) is 65.0 Å². The quantitative estimate of drug-likeness (QED) is 0.602. The third kappa shape index (κ3) is 5.05. The van der Waals surface area contributed by atoms with Crippen molar-refractivity contribution >= 4 is 32.2 Å². The number of aryl methyl sites for hydroxylation is 1. The summed E-state index contributed by atoms with van der Waals surface area (Å²) >= 11 is 1.35. The number of carbonyl (C=O) groups excluding carboxylic acids is 1. The zero-order chi connectivity index (χ0) is 20.1. The molecule has 0 saturated heterocycles. The van der Waals surface area contributed by atoms with E-state index in [4.69, 9.17) is 0 Å². The first-order chi connectivity index (χ1) is 13.4. The molecule has 0 saturated carbocycles. The standard InChI is InChI=1S/C21H22N2O3S2/c1-3-4-5-15-6-8-16(9-7-15)19-14-27-21(22-19)23-20(24)17-10-12-18(13-11-17)28(2,25)26/h6-14H,3-5H2,1-2H3,(H,22,23,24). The van der Waals surface area contributed by atoms with Gasteiger partial charge in [-0.3, -0.25) is 10.1 Å². The molecule has 5 nitrogen and oxygen atoms in total. The summed E-state index contributed by atoms with van der Waals surface area (Å²) in [6, 6.07) is 14.2. The lowest BCUT2D eigenvalue weighted by Crippen LogP contribution is -2.11. The number of aromatic nitrogens is 1. The summed E-state index contributed by atoms with van der Waals surface area (Å²) < 4.78 is 23.0. The summed E-state index contributed by atoms with van der Waals surface area (Å²) in [7, 11) is -3.28. The van der Waals surface area contributed by atoms with Crippen LogP contribution in [0.5, 0.6) is 0 Å². The molecule has 28 heavy (non-hydrogen) atoms. The lowest BCUT2D eigenvalue weighted by atomic mass is 10.1. The molecule has 0 unspecified atom stereocenters. The molecule has 146 valence electrons. The first kappa shape index (κ1) is 20.2. The highest BCUT2D eigenvalue weighted by atomic mass is 32.2. The van der Waals surface area contributed by atoms with Gasteiger partial charge in [-0.2, -0.15) is 0 Å². The Hall–Kier alpha value is -2.51. The molecule has 0 aliphatic carbocycles. The third-order valence-electron chi connectivity index (χ3n) is 4.34. The molecular weight excluding hydrogens is 392 g/mol. The van der Waals surface area contributed by atoms with E-state index in [1.54, 1.807) is 0 Å². The van der Waals surface area contributed by atoms with Crippen molar-refractivity contribution in [1.82, 2.24) is 4.98 Å². The van der Waals surface area contributed by atoms with Crippen molar-refractivity contribution in [2.45, 2.75) is 31.1 Å². The monoisotopic (exact) mass is 414 g/mol. The molecule has 0 bridgehead atoms. The number of carbonyl (C=O) groups is 1. The van der Waals surface area contributed by atoms with Gasteiger partial charge >= 0.3 is 0 Å². The van der Waals surface area contributed by atoms with Gasteiger partial charge in [-0.15, -0.1) is 11.3 Å². The Bertz CT molecular complexity index is 1050. The largest absolute Gasteiger partial charge is 0.298 e. The third-order valence-corrected chi connectivity index (χ3v) is 6.22. The molecule has 2 aromatic carbocycles. The van der Waals surface area contributed by atoms with Gasteiger partial charge in [0, 0.05) is 22.8 Å². The number of rotatable bonds is 7.